The molecule has 1 fully saturated rings. The van der Waals surface area contributed by atoms with E-state index in [1.165, 1.54) is 11.3 Å². The Labute approximate surface area is 173 Å². The van der Waals surface area contributed by atoms with E-state index >= 15 is 0 Å². The number of carbonyl (C=O) groups is 1. The van der Waals surface area contributed by atoms with Gasteiger partial charge in [-0.05, 0) is 43.3 Å². The first-order chi connectivity index (χ1) is 14.2. The van der Waals surface area contributed by atoms with Crippen LogP contribution in [0.25, 0.3) is 0 Å². The quantitative estimate of drug-likeness (QED) is 0.648. The van der Waals surface area contributed by atoms with Crippen LogP contribution in [0.4, 0.5) is 22.3 Å². The van der Waals surface area contributed by atoms with Crippen molar-refractivity contribution in [2.24, 2.45) is 0 Å². The molecule has 0 unspecified atom stereocenters. The Morgan fingerprint density at radius 3 is 2.69 bits per heavy atom. The smallest absolute Gasteiger partial charge is 0.230 e. The molecule has 7 nitrogen and oxygen atoms in total. The number of thiazole rings is 1. The van der Waals surface area contributed by atoms with Crippen molar-refractivity contribution in [1.82, 2.24) is 9.97 Å². The number of nitrogens with one attached hydrogen (secondary N) is 2. The third kappa shape index (κ3) is 5.30. The summed E-state index contributed by atoms with van der Waals surface area (Å²) in [6.07, 6.45) is 0.227. The highest BCUT2D eigenvalue weighted by Gasteiger charge is 2.12. The Balaban J connectivity index is 1.31. The Kier molecular flexibility index (Phi) is 6.02. The minimum absolute atomic E-state index is 0.0883. The van der Waals surface area contributed by atoms with Gasteiger partial charge >= 0.3 is 0 Å². The lowest BCUT2D eigenvalue weighted by molar-refractivity contribution is -0.115. The highest BCUT2D eigenvalue weighted by atomic mass is 32.1. The molecule has 0 bridgehead atoms. The highest BCUT2D eigenvalue weighted by Crippen LogP contribution is 2.21. The van der Waals surface area contributed by atoms with Crippen LogP contribution in [-0.2, 0) is 16.0 Å². The molecule has 3 heterocycles. The van der Waals surface area contributed by atoms with Crippen LogP contribution in [0.3, 0.4) is 0 Å². The molecule has 0 aliphatic carbocycles. The predicted molar refractivity (Wildman–Crippen MR) is 116 cm³/mol. The molecule has 4 rings (SSSR count). The van der Waals surface area contributed by atoms with Gasteiger partial charge < -0.3 is 20.3 Å². The topological polar surface area (TPSA) is 79.4 Å². The number of aryl methyl sites for hydroxylation is 1. The molecule has 3 aromatic rings. The van der Waals surface area contributed by atoms with E-state index in [0.29, 0.717) is 0 Å². The summed E-state index contributed by atoms with van der Waals surface area (Å²) in [5, 5.41) is 8.72. The molecule has 1 aliphatic heterocycles. The number of hydrogen-bond acceptors (Lipinski definition) is 7. The van der Waals surface area contributed by atoms with Gasteiger partial charge in [-0.15, -0.1) is 11.3 Å². The highest BCUT2D eigenvalue weighted by molar-refractivity contribution is 7.13. The molecule has 1 amide bonds. The number of ether oxygens (including phenoxy) is 1. The van der Waals surface area contributed by atoms with Gasteiger partial charge in [0.25, 0.3) is 0 Å². The summed E-state index contributed by atoms with van der Waals surface area (Å²) in [4.78, 5) is 23.5. The zero-order valence-electron chi connectivity index (χ0n) is 16.2. The van der Waals surface area contributed by atoms with Gasteiger partial charge in [0.05, 0.1) is 25.3 Å². The maximum atomic E-state index is 12.4. The van der Waals surface area contributed by atoms with E-state index in [2.05, 4.69) is 25.5 Å². The minimum Gasteiger partial charge on any atom is -0.378 e. The number of aromatic nitrogens is 2. The van der Waals surface area contributed by atoms with Crippen molar-refractivity contribution in [1.29, 1.82) is 0 Å². The summed E-state index contributed by atoms with van der Waals surface area (Å²) in [5.41, 5.74) is 3.59. The molecule has 150 valence electrons. The fourth-order valence-corrected chi connectivity index (χ4v) is 3.83. The first kappa shape index (κ1) is 19.4. The lowest BCUT2D eigenvalue weighted by Gasteiger charge is -2.28. The van der Waals surface area contributed by atoms with Gasteiger partial charge in [-0.3, -0.25) is 4.79 Å². The van der Waals surface area contributed by atoms with Gasteiger partial charge in [0.1, 0.15) is 5.82 Å². The number of nitrogens with zero attached hydrogens (tertiary/aromatic N) is 3. The summed E-state index contributed by atoms with van der Waals surface area (Å²) in [7, 11) is 0. The Morgan fingerprint density at radius 1 is 1.14 bits per heavy atom. The van der Waals surface area contributed by atoms with E-state index < -0.39 is 0 Å². The van der Waals surface area contributed by atoms with Crippen molar-refractivity contribution in [2.45, 2.75) is 13.3 Å². The van der Waals surface area contributed by atoms with E-state index in [1.54, 1.807) is 0 Å². The maximum Gasteiger partial charge on any atom is 0.230 e. The Bertz CT molecular complexity index is 967. The van der Waals surface area contributed by atoms with Gasteiger partial charge in [-0.25, -0.2) is 9.97 Å². The monoisotopic (exact) mass is 409 g/mol. The zero-order valence-corrected chi connectivity index (χ0v) is 17.0. The summed E-state index contributed by atoms with van der Waals surface area (Å²) in [6, 6.07) is 13.7. The van der Waals surface area contributed by atoms with Crippen molar-refractivity contribution in [3.05, 3.63) is 59.2 Å². The predicted octanol–water partition coefficient (Wildman–Crippen LogP) is 3.61. The molecule has 0 spiro atoms. The first-order valence-corrected chi connectivity index (χ1v) is 10.4. The molecule has 0 saturated carbocycles. The first-order valence-electron chi connectivity index (χ1n) is 9.53. The number of pyridine rings is 1. The summed E-state index contributed by atoms with van der Waals surface area (Å²) >= 11 is 1.46. The van der Waals surface area contributed by atoms with Crippen molar-refractivity contribution < 1.29 is 9.53 Å². The van der Waals surface area contributed by atoms with E-state index in [0.717, 1.165) is 60.0 Å². The van der Waals surface area contributed by atoms with Gasteiger partial charge in [0, 0.05) is 35.5 Å². The molecule has 8 heteroatoms. The van der Waals surface area contributed by atoms with Crippen LogP contribution in [-0.4, -0.2) is 42.2 Å². The van der Waals surface area contributed by atoms with Gasteiger partial charge in [-0.1, -0.05) is 6.07 Å². The summed E-state index contributed by atoms with van der Waals surface area (Å²) in [6.45, 7) is 5.23. The second kappa shape index (κ2) is 9.02. The molecule has 2 N–H and O–H groups in total. The van der Waals surface area contributed by atoms with Crippen molar-refractivity contribution in [3.8, 4) is 0 Å². The number of amides is 1. The zero-order chi connectivity index (χ0) is 20.1. The van der Waals surface area contributed by atoms with E-state index in [9.17, 15) is 4.79 Å². The van der Waals surface area contributed by atoms with Crippen molar-refractivity contribution in [2.75, 3.05) is 41.8 Å². The molecular weight excluding hydrogens is 386 g/mol. The number of carbonyl (C=O) groups excluding carboxylic acids is 1. The third-order valence-corrected chi connectivity index (χ3v) is 5.35. The fraction of sp³-hybridized carbons (Fsp3) is 0.286. The standard InChI is InChI=1S/C21H23N5O2S/c1-15-3-2-4-19(22-15)25-21-24-17(14-29-21)13-20(27)23-16-5-7-18(8-6-16)26-9-11-28-12-10-26/h2-8,14H,9-13H2,1H3,(H,23,27)(H,22,24,25). The second-order valence-corrected chi connectivity index (χ2v) is 7.66. The largest absolute Gasteiger partial charge is 0.378 e. The molecular formula is C21H23N5O2S. The molecule has 2 aromatic heterocycles. The number of benzene rings is 1. The van der Waals surface area contributed by atoms with Gasteiger partial charge in [-0.2, -0.15) is 0 Å². The van der Waals surface area contributed by atoms with Crippen molar-refractivity contribution in [3.63, 3.8) is 0 Å². The maximum absolute atomic E-state index is 12.4. The lowest BCUT2D eigenvalue weighted by atomic mass is 10.2. The second-order valence-electron chi connectivity index (χ2n) is 6.80. The number of hydrogen-bond donors (Lipinski definition) is 2. The summed E-state index contributed by atoms with van der Waals surface area (Å²) in [5.74, 6) is 0.658. The molecule has 0 atom stereocenters. The molecule has 1 aromatic carbocycles. The molecule has 1 saturated heterocycles. The van der Waals surface area contributed by atoms with Crippen molar-refractivity contribution >= 4 is 39.6 Å². The lowest BCUT2D eigenvalue weighted by Crippen LogP contribution is -2.36. The summed E-state index contributed by atoms with van der Waals surface area (Å²) < 4.78 is 5.38. The number of rotatable bonds is 6. The average molecular weight is 410 g/mol. The van der Waals surface area contributed by atoms with Crippen LogP contribution in [0.15, 0.2) is 47.8 Å². The van der Waals surface area contributed by atoms with Crippen LogP contribution in [0.1, 0.15) is 11.4 Å². The SMILES string of the molecule is Cc1cccc(Nc2nc(CC(=O)Nc3ccc(N4CCOCC4)cc3)cs2)n1. The van der Waals surface area contributed by atoms with Crippen LogP contribution < -0.4 is 15.5 Å². The number of anilines is 4. The van der Waals surface area contributed by atoms with Crippen LogP contribution in [0, 0.1) is 6.92 Å². The van der Waals surface area contributed by atoms with Crippen LogP contribution in [0.5, 0.6) is 0 Å². The van der Waals surface area contributed by atoms with E-state index in [4.69, 9.17) is 4.74 Å². The van der Waals surface area contributed by atoms with Gasteiger partial charge in [0.15, 0.2) is 5.13 Å². The minimum atomic E-state index is -0.0883. The fourth-order valence-electron chi connectivity index (χ4n) is 3.11. The third-order valence-electron chi connectivity index (χ3n) is 4.54. The molecule has 0 radical (unpaired) electrons. The van der Waals surface area contributed by atoms with E-state index in [1.807, 2.05) is 54.8 Å². The number of morpholine rings is 1. The molecule has 1 aliphatic rings. The Morgan fingerprint density at radius 2 is 1.93 bits per heavy atom. The van der Waals surface area contributed by atoms with Crippen LogP contribution in [0.2, 0.25) is 0 Å². The van der Waals surface area contributed by atoms with E-state index in [-0.39, 0.29) is 12.3 Å². The average Bonchev–Trinajstić information content (AvgIpc) is 3.15. The van der Waals surface area contributed by atoms with Crippen LogP contribution >= 0.6 is 11.3 Å². The van der Waals surface area contributed by atoms with Gasteiger partial charge in [0.2, 0.25) is 5.91 Å². The Hall–Kier alpha value is -2.97. The molecule has 29 heavy (non-hydrogen) atoms. The normalized spacial score (nSPS) is 13.9.